The van der Waals surface area contributed by atoms with Crippen LogP contribution in [0, 0.1) is 6.92 Å². The number of aryl methyl sites for hydroxylation is 1. The fourth-order valence-corrected chi connectivity index (χ4v) is 2.17. The van der Waals surface area contributed by atoms with Gasteiger partial charge in [0, 0.05) is 0 Å². The Bertz CT molecular complexity index is 360. The lowest BCUT2D eigenvalue weighted by Crippen LogP contribution is -2.01. The number of ether oxygens (including phenoxy) is 1. The van der Waals surface area contributed by atoms with Crippen molar-refractivity contribution in [3.63, 3.8) is 0 Å². The minimum Gasteiger partial charge on any atom is -0.508 e. The van der Waals surface area contributed by atoms with Crippen molar-refractivity contribution < 1.29 is 9.84 Å². The summed E-state index contributed by atoms with van der Waals surface area (Å²) in [5, 5.41) is 9.33. The predicted octanol–water partition coefficient (Wildman–Crippen LogP) is 2.98. The minimum atomic E-state index is 0.347. The highest BCUT2D eigenvalue weighted by molar-refractivity contribution is 5.36. The normalized spacial score (nSPS) is 26.3. The van der Waals surface area contributed by atoms with Crippen LogP contribution in [0.2, 0.25) is 0 Å². The molecule has 2 rings (SSSR count). The Morgan fingerprint density at radius 2 is 2.13 bits per heavy atom. The average molecular weight is 206 g/mol. The van der Waals surface area contributed by atoms with Gasteiger partial charge in [0.15, 0.2) is 0 Å². The summed E-state index contributed by atoms with van der Waals surface area (Å²) < 4.78 is 5.42. The summed E-state index contributed by atoms with van der Waals surface area (Å²) in [6, 6.07) is 5.60. The maximum absolute atomic E-state index is 9.33. The molecule has 0 aromatic heterocycles. The highest BCUT2D eigenvalue weighted by Gasteiger charge is 2.35. The zero-order valence-corrected chi connectivity index (χ0v) is 9.53. The summed E-state index contributed by atoms with van der Waals surface area (Å²) in [5.41, 5.74) is 2.48. The summed E-state index contributed by atoms with van der Waals surface area (Å²) in [6.45, 7) is 6.37. The van der Waals surface area contributed by atoms with Crippen molar-refractivity contribution in [2.75, 3.05) is 0 Å². The van der Waals surface area contributed by atoms with Crippen molar-refractivity contribution in [3.8, 4) is 5.75 Å². The molecule has 1 N–H and O–H groups in total. The van der Waals surface area contributed by atoms with Gasteiger partial charge >= 0.3 is 0 Å². The number of aromatic hydroxyl groups is 1. The van der Waals surface area contributed by atoms with Crippen LogP contribution in [0.3, 0.4) is 0 Å². The maximum atomic E-state index is 9.33. The second kappa shape index (κ2) is 3.86. The highest BCUT2D eigenvalue weighted by Crippen LogP contribution is 2.34. The monoisotopic (exact) mass is 206 g/mol. The molecule has 2 nitrogen and oxygen atoms in total. The van der Waals surface area contributed by atoms with E-state index in [2.05, 4.69) is 13.8 Å². The Hall–Kier alpha value is -1.02. The van der Waals surface area contributed by atoms with Crippen molar-refractivity contribution in [2.45, 2.75) is 45.3 Å². The molecule has 0 aliphatic carbocycles. The standard InChI is InChI=1S/C13H18O2/c1-8-6-11(14)4-5-12(8)9(2)7-13-10(3)15-13/h4-6,9-10,13-14H,7H2,1-3H3. The lowest BCUT2D eigenvalue weighted by Gasteiger charge is -2.13. The maximum Gasteiger partial charge on any atom is 0.115 e. The largest absolute Gasteiger partial charge is 0.508 e. The summed E-state index contributed by atoms with van der Waals surface area (Å²) in [5.74, 6) is 0.847. The van der Waals surface area contributed by atoms with Gasteiger partial charge in [0.2, 0.25) is 0 Å². The van der Waals surface area contributed by atoms with E-state index in [4.69, 9.17) is 4.74 Å². The van der Waals surface area contributed by atoms with Gasteiger partial charge in [-0.2, -0.15) is 0 Å². The Kier molecular flexibility index (Phi) is 2.70. The SMILES string of the molecule is Cc1cc(O)ccc1C(C)CC1OC1C. The zero-order chi connectivity index (χ0) is 11.0. The summed E-state index contributed by atoms with van der Waals surface area (Å²) in [7, 11) is 0. The first-order chi connectivity index (χ1) is 7.08. The van der Waals surface area contributed by atoms with Crippen LogP contribution in [-0.4, -0.2) is 17.3 Å². The third-order valence-corrected chi connectivity index (χ3v) is 3.21. The molecule has 3 atom stereocenters. The average Bonchev–Trinajstić information content (AvgIpc) is 2.81. The van der Waals surface area contributed by atoms with Crippen molar-refractivity contribution in [1.29, 1.82) is 0 Å². The van der Waals surface area contributed by atoms with Crippen LogP contribution in [0.5, 0.6) is 5.75 Å². The fraction of sp³-hybridized carbons (Fsp3) is 0.538. The lowest BCUT2D eigenvalue weighted by molar-refractivity contribution is 0.362. The number of rotatable bonds is 3. The Labute approximate surface area is 90.9 Å². The van der Waals surface area contributed by atoms with Gasteiger partial charge in [-0.15, -0.1) is 0 Å². The van der Waals surface area contributed by atoms with Gasteiger partial charge in [0.25, 0.3) is 0 Å². The van der Waals surface area contributed by atoms with Gasteiger partial charge in [-0.3, -0.25) is 0 Å². The number of phenolic OH excluding ortho intramolecular Hbond substituents is 1. The van der Waals surface area contributed by atoms with E-state index in [1.165, 1.54) is 5.56 Å². The number of epoxide rings is 1. The molecule has 1 aliphatic rings. The van der Waals surface area contributed by atoms with E-state index in [1.54, 1.807) is 6.07 Å². The fourth-order valence-electron chi connectivity index (χ4n) is 2.17. The number of hydrogen-bond donors (Lipinski definition) is 1. The van der Waals surface area contributed by atoms with Gasteiger partial charge < -0.3 is 9.84 Å². The summed E-state index contributed by atoms with van der Waals surface area (Å²) in [4.78, 5) is 0. The molecule has 1 aliphatic heterocycles. The van der Waals surface area contributed by atoms with Crippen LogP contribution in [-0.2, 0) is 4.74 Å². The molecule has 1 saturated heterocycles. The Morgan fingerprint density at radius 1 is 1.47 bits per heavy atom. The number of hydrogen-bond acceptors (Lipinski definition) is 2. The molecule has 1 aromatic carbocycles. The second-order valence-corrected chi connectivity index (χ2v) is 4.56. The van der Waals surface area contributed by atoms with Crippen LogP contribution < -0.4 is 0 Å². The predicted molar refractivity (Wildman–Crippen MR) is 60.2 cm³/mol. The number of phenols is 1. The van der Waals surface area contributed by atoms with E-state index in [1.807, 2.05) is 19.1 Å². The van der Waals surface area contributed by atoms with E-state index in [0.29, 0.717) is 23.9 Å². The number of benzene rings is 1. The van der Waals surface area contributed by atoms with Gasteiger partial charge in [-0.1, -0.05) is 13.0 Å². The van der Waals surface area contributed by atoms with Gasteiger partial charge in [-0.05, 0) is 49.4 Å². The first kappa shape index (κ1) is 10.5. The molecule has 1 fully saturated rings. The molecule has 2 heteroatoms. The van der Waals surface area contributed by atoms with Gasteiger partial charge in [0.1, 0.15) is 5.75 Å². The van der Waals surface area contributed by atoms with Gasteiger partial charge in [0.05, 0.1) is 12.2 Å². The quantitative estimate of drug-likeness (QED) is 0.771. The van der Waals surface area contributed by atoms with E-state index in [-0.39, 0.29) is 0 Å². The molecule has 0 radical (unpaired) electrons. The molecule has 82 valence electrons. The molecule has 1 aromatic rings. The highest BCUT2D eigenvalue weighted by atomic mass is 16.6. The summed E-state index contributed by atoms with van der Waals surface area (Å²) in [6.07, 6.45) is 1.95. The van der Waals surface area contributed by atoms with Gasteiger partial charge in [-0.25, -0.2) is 0 Å². The zero-order valence-electron chi connectivity index (χ0n) is 9.53. The smallest absolute Gasteiger partial charge is 0.115 e. The van der Waals surface area contributed by atoms with Crippen molar-refractivity contribution >= 4 is 0 Å². The van der Waals surface area contributed by atoms with Crippen molar-refractivity contribution in [1.82, 2.24) is 0 Å². The third kappa shape index (κ3) is 2.32. The molecule has 0 saturated carbocycles. The molecule has 0 amide bonds. The van der Waals surface area contributed by atoms with Crippen molar-refractivity contribution in [2.24, 2.45) is 0 Å². The van der Waals surface area contributed by atoms with Crippen LogP contribution in [0.15, 0.2) is 18.2 Å². The molecular weight excluding hydrogens is 188 g/mol. The first-order valence-corrected chi connectivity index (χ1v) is 5.53. The second-order valence-electron chi connectivity index (χ2n) is 4.56. The molecule has 15 heavy (non-hydrogen) atoms. The van der Waals surface area contributed by atoms with Crippen LogP contribution in [0.4, 0.5) is 0 Å². The molecule has 0 spiro atoms. The van der Waals surface area contributed by atoms with E-state index in [9.17, 15) is 5.11 Å². The van der Waals surface area contributed by atoms with E-state index < -0.39 is 0 Å². The molecule has 3 unspecified atom stereocenters. The van der Waals surface area contributed by atoms with Crippen LogP contribution in [0.1, 0.15) is 37.3 Å². The molecule has 0 bridgehead atoms. The first-order valence-electron chi connectivity index (χ1n) is 5.53. The Balaban J connectivity index is 2.07. The molecule has 1 heterocycles. The Morgan fingerprint density at radius 3 is 2.67 bits per heavy atom. The van der Waals surface area contributed by atoms with Crippen LogP contribution in [0.25, 0.3) is 0 Å². The molecular formula is C13H18O2. The van der Waals surface area contributed by atoms with Crippen molar-refractivity contribution in [3.05, 3.63) is 29.3 Å². The van der Waals surface area contributed by atoms with E-state index >= 15 is 0 Å². The topological polar surface area (TPSA) is 32.8 Å². The van der Waals surface area contributed by atoms with E-state index in [0.717, 1.165) is 12.0 Å². The lowest BCUT2D eigenvalue weighted by atomic mass is 9.92. The van der Waals surface area contributed by atoms with Crippen LogP contribution >= 0.6 is 0 Å². The minimum absolute atomic E-state index is 0.347. The third-order valence-electron chi connectivity index (χ3n) is 3.21. The summed E-state index contributed by atoms with van der Waals surface area (Å²) >= 11 is 0.